The molecule has 0 aromatic carbocycles. The largest absolute Gasteiger partial charge is 0.458 e. The van der Waals surface area contributed by atoms with Crippen LogP contribution in [-0.4, -0.2) is 25.5 Å². The molecule has 0 atom stereocenters. The van der Waals surface area contributed by atoms with Crippen molar-refractivity contribution in [2.75, 3.05) is 5.73 Å². The van der Waals surface area contributed by atoms with Gasteiger partial charge in [-0.25, -0.2) is 0 Å². The molecule has 0 aliphatic carbocycles. The van der Waals surface area contributed by atoms with Crippen LogP contribution in [0.3, 0.4) is 0 Å². The third-order valence-corrected chi connectivity index (χ3v) is 3.74. The number of ether oxygens (including phenoxy) is 1. The molecule has 2 N–H and O–H groups in total. The minimum atomic E-state index is -0.376. The predicted molar refractivity (Wildman–Crippen MR) is 76.7 cm³/mol. The second kappa shape index (κ2) is 6.08. The zero-order valence-corrected chi connectivity index (χ0v) is 12.9. The van der Waals surface area contributed by atoms with Gasteiger partial charge < -0.3 is 10.5 Å². The summed E-state index contributed by atoms with van der Waals surface area (Å²) in [6, 6.07) is 1.62. The smallest absolute Gasteiger partial charge is 0.328 e. The first kappa shape index (κ1) is 14.6. The molecule has 0 bridgehead atoms. The highest BCUT2D eigenvalue weighted by molar-refractivity contribution is 9.10. The van der Waals surface area contributed by atoms with E-state index < -0.39 is 0 Å². The molecule has 2 aromatic heterocycles. The van der Waals surface area contributed by atoms with Gasteiger partial charge in [0, 0.05) is 13.2 Å². The lowest BCUT2D eigenvalue weighted by molar-refractivity contribution is -0.146. The minimum absolute atomic E-state index is 0.0350. The number of aryl methyl sites for hydroxylation is 2. The number of anilines is 1. The highest BCUT2D eigenvalue weighted by Crippen LogP contribution is 2.22. The number of hydrogen-bond acceptors (Lipinski definition) is 5. The van der Waals surface area contributed by atoms with Gasteiger partial charge in [0.15, 0.2) is 0 Å². The van der Waals surface area contributed by atoms with E-state index in [1.165, 1.54) is 4.68 Å². The maximum atomic E-state index is 11.7. The predicted octanol–water partition coefficient (Wildman–Crippen LogP) is 1.27. The quantitative estimate of drug-likeness (QED) is 0.827. The summed E-state index contributed by atoms with van der Waals surface area (Å²) in [5, 5.41) is 8.26. The molecule has 8 heteroatoms. The zero-order chi connectivity index (χ0) is 14.7. The van der Waals surface area contributed by atoms with Crippen molar-refractivity contribution in [2.45, 2.75) is 26.5 Å². The number of nitrogens with zero attached hydrogens (tertiary/aromatic N) is 4. The van der Waals surface area contributed by atoms with Crippen LogP contribution in [0.25, 0.3) is 0 Å². The zero-order valence-electron chi connectivity index (χ0n) is 11.3. The lowest BCUT2D eigenvalue weighted by Gasteiger charge is -2.06. The summed E-state index contributed by atoms with van der Waals surface area (Å²) in [6.07, 6.45) is 2.45. The van der Waals surface area contributed by atoms with Crippen LogP contribution in [0.5, 0.6) is 0 Å². The maximum Gasteiger partial charge on any atom is 0.328 e. The van der Waals surface area contributed by atoms with Gasteiger partial charge in [-0.05, 0) is 28.4 Å². The van der Waals surface area contributed by atoms with Gasteiger partial charge in [0.2, 0.25) is 0 Å². The first-order chi connectivity index (χ1) is 9.51. The highest BCUT2D eigenvalue weighted by atomic mass is 79.9. The van der Waals surface area contributed by atoms with Crippen molar-refractivity contribution in [3.63, 3.8) is 0 Å². The summed E-state index contributed by atoms with van der Waals surface area (Å²) >= 11 is 3.47. The van der Waals surface area contributed by atoms with Crippen LogP contribution in [0, 0.1) is 0 Å². The molecular weight excluding hydrogens is 326 g/mol. The second-order valence-corrected chi connectivity index (χ2v) is 5.08. The Morgan fingerprint density at radius 2 is 2.25 bits per heavy atom. The molecule has 0 aliphatic heterocycles. The van der Waals surface area contributed by atoms with E-state index in [0.29, 0.717) is 5.82 Å². The van der Waals surface area contributed by atoms with Crippen molar-refractivity contribution in [2.24, 2.45) is 7.05 Å². The van der Waals surface area contributed by atoms with Gasteiger partial charge in [0.1, 0.15) is 19.0 Å². The molecule has 0 radical (unpaired) electrons. The second-order valence-electron chi connectivity index (χ2n) is 4.28. The first-order valence-electron chi connectivity index (χ1n) is 6.16. The molecule has 0 saturated heterocycles. The van der Waals surface area contributed by atoms with Crippen molar-refractivity contribution >= 4 is 27.7 Å². The van der Waals surface area contributed by atoms with Crippen molar-refractivity contribution in [3.8, 4) is 0 Å². The van der Waals surface area contributed by atoms with Gasteiger partial charge >= 0.3 is 5.97 Å². The molecule has 0 saturated carbocycles. The number of carbonyl (C=O) groups is 1. The summed E-state index contributed by atoms with van der Waals surface area (Å²) < 4.78 is 9.27. The van der Waals surface area contributed by atoms with Crippen molar-refractivity contribution in [3.05, 3.63) is 28.1 Å². The van der Waals surface area contributed by atoms with Crippen LogP contribution in [0.1, 0.15) is 18.3 Å². The Balaban J connectivity index is 1.95. The van der Waals surface area contributed by atoms with Crippen molar-refractivity contribution in [1.82, 2.24) is 19.6 Å². The number of esters is 1. The number of carbonyl (C=O) groups excluding carboxylic acids is 1. The summed E-state index contributed by atoms with van der Waals surface area (Å²) in [7, 11) is 1.82. The maximum absolute atomic E-state index is 11.7. The Kier molecular flexibility index (Phi) is 4.43. The Morgan fingerprint density at radius 3 is 2.80 bits per heavy atom. The van der Waals surface area contributed by atoms with Crippen LogP contribution in [0.4, 0.5) is 5.82 Å². The van der Waals surface area contributed by atoms with E-state index in [1.807, 2.05) is 14.0 Å². The van der Waals surface area contributed by atoms with Gasteiger partial charge in [0.25, 0.3) is 0 Å². The van der Waals surface area contributed by atoms with E-state index in [9.17, 15) is 4.79 Å². The summed E-state index contributed by atoms with van der Waals surface area (Å²) in [4.78, 5) is 11.7. The van der Waals surface area contributed by atoms with Gasteiger partial charge in [-0.15, -0.1) is 0 Å². The average Bonchev–Trinajstić information content (AvgIpc) is 2.92. The molecule has 0 aliphatic rings. The fraction of sp³-hybridized carbons (Fsp3) is 0.417. The number of hydrogen-bond donors (Lipinski definition) is 1. The molecule has 2 heterocycles. The molecule has 2 rings (SSSR count). The first-order valence-corrected chi connectivity index (χ1v) is 6.95. The van der Waals surface area contributed by atoms with Crippen LogP contribution in [0.2, 0.25) is 0 Å². The number of halogens is 1. The summed E-state index contributed by atoms with van der Waals surface area (Å²) in [5.74, 6) is -0.000912. The Hall–Kier alpha value is -1.83. The van der Waals surface area contributed by atoms with Crippen molar-refractivity contribution < 1.29 is 9.53 Å². The van der Waals surface area contributed by atoms with E-state index in [1.54, 1.807) is 16.9 Å². The van der Waals surface area contributed by atoms with E-state index in [4.69, 9.17) is 10.5 Å². The lowest BCUT2D eigenvalue weighted by Crippen LogP contribution is -2.15. The Morgan fingerprint density at radius 1 is 1.50 bits per heavy atom. The molecular formula is C12H16BrN5O2. The fourth-order valence-electron chi connectivity index (χ4n) is 1.77. The van der Waals surface area contributed by atoms with Crippen molar-refractivity contribution in [1.29, 1.82) is 0 Å². The van der Waals surface area contributed by atoms with E-state index >= 15 is 0 Å². The molecule has 0 amide bonds. The molecule has 20 heavy (non-hydrogen) atoms. The molecule has 2 aromatic rings. The highest BCUT2D eigenvalue weighted by Gasteiger charge is 2.14. The molecule has 108 valence electrons. The Labute approximate surface area is 124 Å². The van der Waals surface area contributed by atoms with Gasteiger partial charge in [-0.3, -0.25) is 14.2 Å². The van der Waals surface area contributed by atoms with Crippen LogP contribution >= 0.6 is 15.9 Å². The summed E-state index contributed by atoms with van der Waals surface area (Å²) in [6.45, 7) is 2.22. The standard InChI is InChI=1S/C12H16BrN5O2/c1-3-8-12(13)9(17(2)15-8)7-20-11(19)6-18-5-4-10(14)16-18/h4-5H,3,6-7H2,1-2H3,(H2,14,16). The molecule has 7 nitrogen and oxygen atoms in total. The molecule has 0 fully saturated rings. The third-order valence-electron chi connectivity index (χ3n) is 2.83. The monoisotopic (exact) mass is 341 g/mol. The SMILES string of the molecule is CCc1nn(C)c(COC(=O)Cn2ccc(N)n2)c1Br. The third kappa shape index (κ3) is 3.19. The topological polar surface area (TPSA) is 88.0 Å². The van der Waals surface area contributed by atoms with E-state index in [0.717, 1.165) is 22.3 Å². The Bertz CT molecular complexity index is 619. The fourth-order valence-corrected chi connectivity index (χ4v) is 2.50. The number of nitrogens with two attached hydrogens (primary N) is 1. The number of nitrogen functional groups attached to an aromatic ring is 1. The lowest BCUT2D eigenvalue weighted by atomic mass is 10.3. The average molecular weight is 342 g/mol. The van der Waals surface area contributed by atoms with Crippen LogP contribution in [0.15, 0.2) is 16.7 Å². The summed E-state index contributed by atoms with van der Waals surface area (Å²) in [5.41, 5.74) is 7.25. The molecule has 0 spiro atoms. The van der Waals surface area contributed by atoms with Crippen LogP contribution < -0.4 is 5.73 Å². The normalized spacial score (nSPS) is 10.8. The number of aromatic nitrogens is 4. The van der Waals surface area contributed by atoms with Gasteiger partial charge in [0.05, 0.1) is 15.9 Å². The van der Waals surface area contributed by atoms with E-state index in [2.05, 4.69) is 26.1 Å². The van der Waals surface area contributed by atoms with Gasteiger partial charge in [-0.1, -0.05) is 6.92 Å². The van der Waals surface area contributed by atoms with Crippen LogP contribution in [-0.2, 0) is 36.2 Å². The molecule has 0 unspecified atom stereocenters. The number of rotatable bonds is 5. The minimum Gasteiger partial charge on any atom is -0.458 e. The van der Waals surface area contributed by atoms with Gasteiger partial charge in [-0.2, -0.15) is 10.2 Å². The van der Waals surface area contributed by atoms with E-state index in [-0.39, 0.29) is 19.1 Å².